The number of hydrogen-bond donors (Lipinski definition) is 2. The lowest BCUT2D eigenvalue weighted by Gasteiger charge is -2.19. The molecule has 1 aromatic heterocycles. The monoisotopic (exact) mass is 648 g/mol. The number of fused-ring (bicyclic) bond motifs is 4. The fraction of sp³-hybridized carbons (Fsp3) is 0.324. The summed E-state index contributed by atoms with van der Waals surface area (Å²) in [5.41, 5.74) is -0.878. The second kappa shape index (κ2) is 13.2. The molecule has 0 spiro atoms. The molecule has 2 aromatic carbocycles. The number of halogens is 2. The minimum absolute atomic E-state index is 0.0442. The van der Waals surface area contributed by atoms with Crippen molar-refractivity contribution in [3.63, 3.8) is 0 Å². The maximum absolute atomic E-state index is 14.2. The molecule has 3 aliphatic heterocycles. The van der Waals surface area contributed by atoms with E-state index < -0.39 is 22.9 Å². The molecule has 0 aliphatic carbocycles. The summed E-state index contributed by atoms with van der Waals surface area (Å²) in [6.45, 7) is 14.5. The minimum Gasteiger partial charge on any atom is -0.490 e. The van der Waals surface area contributed by atoms with Crippen LogP contribution in [0.3, 0.4) is 0 Å². The molecule has 0 bridgehead atoms. The molecule has 0 fully saturated rings. The van der Waals surface area contributed by atoms with Crippen LogP contribution in [0.2, 0.25) is 0 Å². The van der Waals surface area contributed by atoms with Gasteiger partial charge in [0.15, 0.2) is 23.1 Å². The molecule has 6 rings (SSSR count). The summed E-state index contributed by atoms with van der Waals surface area (Å²) in [5, 5.41) is 0.629. The van der Waals surface area contributed by atoms with E-state index in [1.54, 1.807) is 6.08 Å². The van der Waals surface area contributed by atoms with Crippen molar-refractivity contribution in [3.8, 4) is 34.6 Å². The van der Waals surface area contributed by atoms with E-state index in [0.29, 0.717) is 35.8 Å². The number of aromatic nitrogens is 4. The summed E-state index contributed by atoms with van der Waals surface area (Å²) in [5.74, 6) is 0.184. The van der Waals surface area contributed by atoms with Crippen LogP contribution in [0.1, 0.15) is 53.0 Å². The van der Waals surface area contributed by atoms with Crippen LogP contribution in [0.5, 0.6) is 23.1 Å². The normalized spacial score (nSPS) is 12.1. The number of nitrogens with zero attached hydrogens (tertiary/aromatic N) is 2. The van der Waals surface area contributed by atoms with E-state index in [0.717, 1.165) is 12.8 Å². The molecule has 11 nitrogen and oxygen atoms in total. The molecular formula is C34H34F2N4O7. The third kappa shape index (κ3) is 7.91. The molecule has 3 aliphatic rings. The van der Waals surface area contributed by atoms with Crippen LogP contribution in [0, 0.1) is 23.0 Å². The summed E-state index contributed by atoms with van der Waals surface area (Å²) in [6, 6.07) is 6.83. The van der Waals surface area contributed by atoms with Crippen molar-refractivity contribution in [2.45, 2.75) is 47.5 Å². The second-order valence-corrected chi connectivity index (χ2v) is 12.7. The van der Waals surface area contributed by atoms with E-state index in [4.69, 9.17) is 18.6 Å². The van der Waals surface area contributed by atoms with Crippen LogP contribution in [0.15, 0.2) is 49.1 Å². The first kappa shape index (κ1) is 33.0. The average Bonchev–Trinajstić information content (AvgIpc) is 2.97. The Morgan fingerprint density at radius 2 is 1.66 bits per heavy atom. The highest BCUT2D eigenvalue weighted by atomic mass is 19.1. The Kier molecular flexibility index (Phi) is 9.27. The Balaban J connectivity index is 0.000000185. The zero-order chi connectivity index (χ0) is 34.0. The predicted octanol–water partition coefficient (Wildman–Crippen LogP) is 4.61. The standard InChI is InChI=1S/C18H19FN2O3.C16H15FN2O4/c1-10(2)5-4-6-23-16-9-15-12(8-14(16)19)7-13-17(22)20-11(3)21-18(13)24-15;1-16(2,3)7-22-12-6-11-8(5-10(12)17)4-9-13(20)18-15(21)19-14(9)23-11/h7-10H,3-6H2,1-2H3,(H,20,22);4-6H,7H2,1-3H3,(H,18,20,21). The Morgan fingerprint density at radius 3 is 2.38 bits per heavy atom. The highest BCUT2D eigenvalue weighted by molar-refractivity contribution is 5.83. The van der Waals surface area contributed by atoms with Gasteiger partial charge in [0, 0.05) is 23.1 Å². The molecule has 0 saturated carbocycles. The number of H-pyrrole nitrogens is 2. The van der Waals surface area contributed by atoms with Crippen LogP contribution >= 0.6 is 0 Å². The van der Waals surface area contributed by atoms with Crippen molar-refractivity contribution in [1.82, 2.24) is 19.9 Å². The molecule has 0 atom stereocenters. The van der Waals surface area contributed by atoms with Crippen LogP contribution in [0.4, 0.5) is 8.78 Å². The van der Waals surface area contributed by atoms with E-state index in [1.165, 1.54) is 30.3 Å². The van der Waals surface area contributed by atoms with Gasteiger partial charge in [-0.3, -0.25) is 14.6 Å². The quantitative estimate of drug-likeness (QED) is 0.187. The van der Waals surface area contributed by atoms with Crippen molar-refractivity contribution in [3.05, 3.63) is 89.4 Å². The molecule has 13 heteroatoms. The van der Waals surface area contributed by atoms with Crippen molar-refractivity contribution in [1.29, 1.82) is 0 Å². The van der Waals surface area contributed by atoms with Gasteiger partial charge in [0.2, 0.25) is 11.8 Å². The molecule has 47 heavy (non-hydrogen) atoms. The molecule has 246 valence electrons. The van der Waals surface area contributed by atoms with Crippen LogP contribution in [0.25, 0.3) is 35.1 Å². The van der Waals surface area contributed by atoms with Crippen molar-refractivity contribution >= 4 is 23.6 Å². The largest absolute Gasteiger partial charge is 0.490 e. The van der Waals surface area contributed by atoms with Gasteiger partial charge >= 0.3 is 5.69 Å². The number of aromatic amines is 2. The Hall–Kier alpha value is -5.33. The third-order valence-electron chi connectivity index (χ3n) is 6.85. The van der Waals surface area contributed by atoms with Gasteiger partial charge in [0.05, 0.1) is 13.2 Å². The lowest BCUT2D eigenvalue weighted by atomic mass is 9.99. The van der Waals surface area contributed by atoms with Gasteiger partial charge in [-0.05, 0) is 48.4 Å². The fourth-order valence-electron chi connectivity index (χ4n) is 4.57. The second-order valence-electron chi connectivity index (χ2n) is 12.7. The van der Waals surface area contributed by atoms with E-state index in [1.807, 2.05) is 25.8 Å². The lowest BCUT2D eigenvalue weighted by Crippen LogP contribution is -2.37. The molecular weight excluding hydrogens is 614 g/mol. The molecule has 0 radical (unpaired) electrons. The fourth-order valence-corrected chi connectivity index (χ4v) is 4.57. The Morgan fingerprint density at radius 1 is 0.936 bits per heavy atom. The topological polar surface area (TPSA) is 149 Å². The van der Waals surface area contributed by atoms with Gasteiger partial charge in [-0.25, -0.2) is 13.6 Å². The number of hydrogen-bond acceptors (Lipinski definition) is 9. The van der Waals surface area contributed by atoms with Gasteiger partial charge in [-0.1, -0.05) is 41.2 Å². The Labute approximate surface area is 266 Å². The van der Waals surface area contributed by atoms with Crippen LogP contribution in [-0.2, 0) is 0 Å². The molecule has 2 N–H and O–H groups in total. The maximum Gasteiger partial charge on any atom is 0.351 e. The molecule has 0 unspecified atom stereocenters. The zero-order valence-electron chi connectivity index (χ0n) is 26.6. The van der Waals surface area contributed by atoms with E-state index in [9.17, 15) is 23.2 Å². The van der Waals surface area contributed by atoms with Crippen LogP contribution in [-0.4, -0.2) is 33.1 Å². The first-order valence-electron chi connectivity index (χ1n) is 14.9. The summed E-state index contributed by atoms with van der Waals surface area (Å²) in [6.07, 6.45) is 3.42. The first-order valence-corrected chi connectivity index (χ1v) is 14.9. The van der Waals surface area contributed by atoms with E-state index in [-0.39, 0.29) is 56.1 Å². The predicted molar refractivity (Wildman–Crippen MR) is 172 cm³/mol. The highest BCUT2D eigenvalue weighted by Gasteiger charge is 2.20. The highest BCUT2D eigenvalue weighted by Crippen LogP contribution is 2.33. The summed E-state index contributed by atoms with van der Waals surface area (Å²) in [7, 11) is 0. The van der Waals surface area contributed by atoms with E-state index in [2.05, 4.69) is 35.4 Å². The smallest absolute Gasteiger partial charge is 0.351 e. The van der Waals surface area contributed by atoms with Gasteiger partial charge in [0.1, 0.15) is 27.6 Å². The number of nitrogens with one attached hydrogen (secondary N) is 2. The SMILES string of the molecule is C=c1nc2c(c(=O)[nH]1)=Cc1cc(F)c(OCCCC(C)C)cc1O2.CC(C)(C)COc1cc2oc3nc(=O)[nH]c(=O)c-3cc2cc1F. The molecule has 0 saturated heterocycles. The van der Waals surface area contributed by atoms with Gasteiger partial charge in [-0.15, -0.1) is 0 Å². The lowest BCUT2D eigenvalue weighted by molar-refractivity contribution is 0.191. The van der Waals surface area contributed by atoms with Gasteiger partial charge < -0.3 is 23.6 Å². The summed E-state index contributed by atoms with van der Waals surface area (Å²) < 4.78 is 50.4. The minimum atomic E-state index is -0.795. The zero-order valence-corrected chi connectivity index (χ0v) is 26.6. The Bertz CT molecular complexity index is 2220. The van der Waals surface area contributed by atoms with Gasteiger partial charge in [-0.2, -0.15) is 9.97 Å². The van der Waals surface area contributed by atoms with Crippen molar-refractivity contribution in [2.75, 3.05) is 13.2 Å². The third-order valence-corrected chi connectivity index (χ3v) is 6.85. The van der Waals surface area contributed by atoms with E-state index >= 15 is 0 Å². The van der Waals surface area contributed by atoms with Crippen LogP contribution < -0.4 is 41.7 Å². The molecule has 3 aromatic rings. The maximum atomic E-state index is 14.2. The molecule has 4 heterocycles. The average molecular weight is 649 g/mol. The molecule has 0 amide bonds. The van der Waals surface area contributed by atoms with Crippen molar-refractivity contribution in [2.24, 2.45) is 11.3 Å². The summed E-state index contributed by atoms with van der Waals surface area (Å²) in [4.78, 5) is 47.1. The number of ether oxygens (including phenoxy) is 3. The van der Waals surface area contributed by atoms with Gasteiger partial charge in [0.25, 0.3) is 11.1 Å². The number of benzene rings is 2. The summed E-state index contributed by atoms with van der Waals surface area (Å²) >= 11 is 0. The number of rotatable bonds is 7. The first-order chi connectivity index (χ1) is 22.2. The van der Waals surface area contributed by atoms with Crippen molar-refractivity contribution < 1.29 is 27.4 Å².